The molecule has 10 rings (SSSR count). The maximum atomic E-state index is 12.7. The summed E-state index contributed by atoms with van der Waals surface area (Å²) in [6, 6.07) is 53.0. The number of thiophene rings is 2. The SMILES string of the molecule is O=S(=O)(OS(=O)(=O)C(F)(F)F)C(F)(F)F.O=S(=O)(Oc1cccc(-c2cccc(-c3cccc4c3sc3ccccc34)n2)c1)C(F)(F)F.Oc1cccc(-c2cccc(-c3cccc4c3sc3ccccc34)n2)c1. The van der Waals surface area contributed by atoms with Crippen LogP contribution in [0.1, 0.15) is 0 Å². The fraction of sp³-hybridized carbons (Fsp3) is 0.0612. The first-order valence-corrected chi connectivity index (χ1v) is 26.6. The number of pyridine rings is 2. The highest BCUT2D eigenvalue weighted by Gasteiger charge is 2.57. The summed E-state index contributed by atoms with van der Waals surface area (Å²) in [4.78, 5) is 9.57. The monoisotopic (exact) mass is 1120 g/mol. The van der Waals surface area contributed by atoms with E-state index in [1.165, 1.54) is 32.3 Å². The first kappa shape index (κ1) is 53.1. The standard InChI is InChI=1S/C24H14F3NO3S2.C23H15NOS.C2F6O5S2/c25-24(26,27)33(29,30)31-16-7-3-6-15(14-16)20-11-5-12-21(28-20)19-10-4-9-18-17-8-1-2-13-22(17)32-23(18)19;25-16-7-3-6-15(14-16)20-11-5-12-21(24-20)19-10-4-9-18-17-8-1-2-13-22(17)26-23(18)19;3-1(4,5)14(9,10)13-15(11,12)2(6,7)8/h1-14H;1-14,25H;. The van der Waals surface area contributed by atoms with Crippen molar-refractivity contribution in [3.8, 4) is 56.5 Å². The highest BCUT2D eigenvalue weighted by atomic mass is 32.3. The lowest BCUT2D eigenvalue weighted by Crippen LogP contribution is -2.34. The van der Waals surface area contributed by atoms with Crippen molar-refractivity contribution in [2.45, 2.75) is 16.5 Å². The third-order valence-corrected chi connectivity index (χ3v) is 16.4. The second kappa shape index (κ2) is 20.3. The second-order valence-corrected chi connectivity index (χ2v) is 22.2. The largest absolute Gasteiger partial charge is 0.534 e. The molecule has 74 heavy (non-hydrogen) atoms. The lowest BCUT2D eigenvalue weighted by molar-refractivity contribution is -0.0586. The van der Waals surface area contributed by atoms with Gasteiger partial charge in [0.2, 0.25) is 0 Å². The van der Waals surface area contributed by atoms with Crippen molar-refractivity contribution in [3.05, 3.63) is 170 Å². The number of phenolic OH excluding ortho intramolecular Hbond substituents is 1. The van der Waals surface area contributed by atoms with E-state index in [1.807, 2.05) is 75.6 Å². The Balaban J connectivity index is 0.000000159. The van der Waals surface area contributed by atoms with E-state index in [-0.39, 0.29) is 5.75 Å². The summed E-state index contributed by atoms with van der Waals surface area (Å²) in [5.41, 5.74) is -11.6. The number of aromatic hydroxyl groups is 1. The third-order valence-electron chi connectivity index (χ3n) is 10.4. The Morgan fingerprint density at radius 1 is 0.405 bits per heavy atom. The van der Waals surface area contributed by atoms with E-state index >= 15 is 0 Å². The van der Waals surface area contributed by atoms with Gasteiger partial charge in [0.15, 0.2) is 0 Å². The number of rotatable bonds is 8. The molecule has 10 aromatic rings. The lowest BCUT2D eigenvalue weighted by Gasteiger charge is -2.11. The van der Waals surface area contributed by atoms with Crippen molar-refractivity contribution in [2.24, 2.45) is 0 Å². The number of alkyl halides is 9. The minimum atomic E-state index is -6.85. The molecule has 0 spiro atoms. The molecule has 382 valence electrons. The average Bonchev–Trinajstić information content (AvgIpc) is 3.92. The maximum absolute atomic E-state index is 12.7. The van der Waals surface area contributed by atoms with Gasteiger partial charge in [-0.15, -0.1) is 26.3 Å². The van der Waals surface area contributed by atoms with Gasteiger partial charge in [0.05, 0.1) is 22.8 Å². The van der Waals surface area contributed by atoms with Crippen molar-refractivity contribution in [1.82, 2.24) is 9.97 Å². The van der Waals surface area contributed by atoms with Crippen LogP contribution in [0.15, 0.2) is 170 Å². The van der Waals surface area contributed by atoms with Gasteiger partial charge in [0.25, 0.3) is 0 Å². The smallest absolute Gasteiger partial charge is 0.508 e. The summed E-state index contributed by atoms with van der Waals surface area (Å²) < 4.78 is 180. The van der Waals surface area contributed by atoms with Crippen LogP contribution in [0, 0.1) is 0 Å². The van der Waals surface area contributed by atoms with Crippen molar-refractivity contribution in [1.29, 1.82) is 0 Å². The molecule has 0 saturated carbocycles. The molecule has 0 saturated heterocycles. The van der Waals surface area contributed by atoms with Gasteiger partial charge >= 0.3 is 46.9 Å². The molecule has 0 aliphatic carbocycles. The van der Waals surface area contributed by atoms with Gasteiger partial charge < -0.3 is 9.29 Å². The van der Waals surface area contributed by atoms with Crippen molar-refractivity contribution in [2.75, 3.05) is 0 Å². The van der Waals surface area contributed by atoms with Gasteiger partial charge in [0.1, 0.15) is 11.5 Å². The maximum Gasteiger partial charge on any atom is 0.534 e. The summed E-state index contributed by atoms with van der Waals surface area (Å²) in [6.07, 6.45) is 0. The minimum absolute atomic E-state index is 0.251. The molecule has 0 radical (unpaired) electrons. The predicted octanol–water partition coefficient (Wildman–Crippen LogP) is 14.2. The minimum Gasteiger partial charge on any atom is -0.508 e. The second-order valence-electron chi connectivity index (χ2n) is 15.3. The first-order valence-electron chi connectivity index (χ1n) is 20.7. The third kappa shape index (κ3) is 11.3. The molecule has 4 aromatic heterocycles. The van der Waals surface area contributed by atoms with Gasteiger partial charge in [-0.3, -0.25) is 0 Å². The Bertz CT molecular complexity index is 4050. The highest BCUT2D eigenvalue weighted by Crippen LogP contribution is 2.42. The number of hydrogen-bond donors (Lipinski definition) is 1. The molecular formula is C49H29F9N2O9S5. The lowest BCUT2D eigenvalue weighted by atomic mass is 10.1. The van der Waals surface area contributed by atoms with E-state index in [9.17, 15) is 69.9 Å². The molecule has 0 bridgehead atoms. The number of benzene rings is 6. The van der Waals surface area contributed by atoms with Gasteiger partial charge in [-0.1, -0.05) is 109 Å². The Labute approximate surface area is 421 Å². The number of phenols is 1. The van der Waals surface area contributed by atoms with Crippen molar-refractivity contribution < 1.29 is 77.7 Å². The molecule has 6 aromatic carbocycles. The van der Waals surface area contributed by atoms with Crippen LogP contribution < -0.4 is 4.18 Å². The quantitative estimate of drug-likeness (QED) is 0.0874. The summed E-state index contributed by atoms with van der Waals surface area (Å²) in [5.74, 6) is -0.190. The van der Waals surface area contributed by atoms with Crippen LogP contribution in [0.3, 0.4) is 0 Å². The Hall–Kier alpha value is -7.16. The molecule has 0 aliphatic rings. The van der Waals surface area contributed by atoms with Crippen LogP contribution in [-0.4, -0.2) is 56.9 Å². The summed E-state index contributed by atoms with van der Waals surface area (Å²) >= 11 is 3.47. The zero-order valence-corrected chi connectivity index (χ0v) is 40.8. The van der Waals surface area contributed by atoms with Crippen LogP contribution >= 0.6 is 22.7 Å². The molecule has 25 heteroatoms. The van der Waals surface area contributed by atoms with E-state index in [4.69, 9.17) is 9.97 Å². The molecule has 4 heterocycles. The number of fused-ring (bicyclic) bond motifs is 6. The number of halogens is 9. The first-order chi connectivity index (χ1) is 34.7. The number of aromatic nitrogens is 2. The molecule has 1 N–H and O–H groups in total. The topological polar surface area (TPSA) is 167 Å². The average molecular weight is 1120 g/mol. The summed E-state index contributed by atoms with van der Waals surface area (Å²) in [6.45, 7) is 0. The van der Waals surface area contributed by atoms with Gasteiger partial charge in [-0.05, 0) is 60.7 Å². The van der Waals surface area contributed by atoms with Gasteiger partial charge in [-0.2, -0.15) is 64.8 Å². The molecule has 0 atom stereocenters. The fourth-order valence-electron chi connectivity index (χ4n) is 7.13. The molecule has 0 amide bonds. The van der Waals surface area contributed by atoms with Crippen molar-refractivity contribution >= 4 is 93.4 Å². The van der Waals surface area contributed by atoms with E-state index in [1.54, 1.807) is 41.7 Å². The van der Waals surface area contributed by atoms with Crippen LogP contribution in [0.5, 0.6) is 11.5 Å². The van der Waals surface area contributed by atoms with E-state index in [0.29, 0.717) is 17.0 Å². The number of nitrogens with zero attached hydrogens (tertiary/aromatic N) is 2. The van der Waals surface area contributed by atoms with Crippen LogP contribution in [-0.2, 0) is 34.0 Å². The van der Waals surface area contributed by atoms with Crippen LogP contribution in [0.4, 0.5) is 39.5 Å². The highest BCUT2D eigenvalue weighted by molar-refractivity contribution is 8.00. The number of hydrogen-bond acceptors (Lipinski definition) is 13. The van der Waals surface area contributed by atoms with E-state index in [0.717, 1.165) is 54.3 Å². The normalized spacial score (nSPS) is 12.6. The zero-order chi connectivity index (χ0) is 53.4. The van der Waals surface area contributed by atoms with Gasteiger partial charge in [-0.25, -0.2) is 9.97 Å². The summed E-state index contributed by atoms with van der Waals surface area (Å²) in [5, 5.41) is 14.6. The van der Waals surface area contributed by atoms with Crippen molar-refractivity contribution in [3.63, 3.8) is 0 Å². The molecule has 0 fully saturated rings. The van der Waals surface area contributed by atoms with Crippen LogP contribution in [0.2, 0.25) is 0 Å². The molecule has 11 nitrogen and oxygen atoms in total. The van der Waals surface area contributed by atoms with Crippen LogP contribution in [0.25, 0.3) is 85.4 Å². The Kier molecular flexibility index (Phi) is 14.6. The fourth-order valence-corrected chi connectivity index (χ4v) is 11.6. The molecular weight excluding hydrogens is 1090 g/mol. The molecule has 0 aliphatic heterocycles. The van der Waals surface area contributed by atoms with E-state index in [2.05, 4.69) is 64.8 Å². The molecule has 0 unspecified atom stereocenters. The predicted molar refractivity (Wildman–Crippen MR) is 264 cm³/mol. The van der Waals surface area contributed by atoms with Gasteiger partial charge in [0, 0.05) is 62.6 Å². The van der Waals surface area contributed by atoms with E-state index < -0.39 is 52.6 Å². The Morgan fingerprint density at radius 3 is 1.23 bits per heavy atom. The zero-order valence-electron chi connectivity index (χ0n) is 36.7. The summed E-state index contributed by atoms with van der Waals surface area (Å²) in [7, 11) is -19.5. The Morgan fingerprint density at radius 2 is 0.784 bits per heavy atom.